The molecule has 2 aliphatic rings. The summed E-state index contributed by atoms with van der Waals surface area (Å²) >= 11 is 0. The molecule has 1 fully saturated rings. The Morgan fingerprint density at radius 1 is 1.17 bits per heavy atom. The van der Waals surface area contributed by atoms with Gasteiger partial charge in [-0.05, 0) is 37.1 Å². The first-order valence-electron chi connectivity index (χ1n) is 8.49. The SMILES string of the molecule is O=C(c1ccc2c(c1)OCCCO2)N1CCC[C@@H](n2cccn2)C1. The van der Waals surface area contributed by atoms with E-state index in [1.54, 1.807) is 12.3 Å². The van der Waals surface area contributed by atoms with Gasteiger partial charge in [0.2, 0.25) is 0 Å². The second kappa shape index (κ2) is 6.55. The zero-order chi connectivity index (χ0) is 16.4. The molecule has 126 valence electrons. The zero-order valence-electron chi connectivity index (χ0n) is 13.6. The quantitative estimate of drug-likeness (QED) is 0.850. The Bertz CT molecular complexity index is 714. The molecule has 0 spiro atoms. The summed E-state index contributed by atoms with van der Waals surface area (Å²) < 4.78 is 13.3. The predicted molar refractivity (Wildman–Crippen MR) is 88.5 cm³/mol. The first kappa shape index (κ1) is 15.1. The molecule has 2 aliphatic heterocycles. The molecule has 2 aromatic rings. The minimum Gasteiger partial charge on any atom is -0.490 e. The van der Waals surface area contributed by atoms with Crippen molar-refractivity contribution in [1.82, 2.24) is 14.7 Å². The van der Waals surface area contributed by atoms with Crippen molar-refractivity contribution in [1.29, 1.82) is 0 Å². The van der Waals surface area contributed by atoms with Crippen LogP contribution in [0.4, 0.5) is 0 Å². The highest BCUT2D eigenvalue weighted by molar-refractivity contribution is 5.95. The second-order valence-corrected chi connectivity index (χ2v) is 6.25. The van der Waals surface area contributed by atoms with Gasteiger partial charge in [-0.1, -0.05) is 0 Å². The number of rotatable bonds is 2. The molecule has 0 N–H and O–H groups in total. The highest BCUT2D eigenvalue weighted by atomic mass is 16.5. The van der Waals surface area contributed by atoms with Crippen molar-refractivity contribution in [3.8, 4) is 11.5 Å². The van der Waals surface area contributed by atoms with Gasteiger partial charge in [-0.15, -0.1) is 0 Å². The molecule has 1 saturated heterocycles. The third-order valence-electron chi connectivity index (χ3n) is 4.58. The van der Waals surface area contributed by atoms with E-state index >= 15 is 0 Å². The maximum atomic E-state index is 12.9. The number of aromatic nitrogens is 2. The number of piperidine rings is 1. The molecule has 0 unspecified atom stereocenters. The Morgan fingerprint density at radius 3 is 2.88 bits per heavy atom. The molecule has 6 heteroatoms. The van der Waals surface area contributed by atoms with Crippen molar-refractivity contribution in [2.45, 2.75) is 25.3 Å². The topological polar surface area (TPSA) is 56.6 Å². The van der Waals surface area contributed by atoms with Crippen LogP contribution in [0.25, 0.3) is 0 Å². The Labute approximate surface area is 141 Å². The number of fused-ring (bicyclic) bond motifs is 1. The van der Waals surface area contributed by atoms with Crippen molar-refractivity contribution in [2.24, 2.45) is 0 Å². The molecule has 6 nitrogen and oxygen atoms in total. The first-order chi connectivity index (χ1) is 11.8. The highest BCUT2D eigenvalue weighted by Crippen LogP contribution is 2.31. The van der Waals surface area contributed by atoms with Crippen LogP contribution in [0.1, 0.15) is 35.7 Å². The Balaban J connectivity index is 1.52. The van der Waals surface area contributed by atoms with Gasteiger partial charge in [0.05, 0.1) is 19.3 Å². The van der Waals surface area contributed by atoms with Gasteiger partial charge < -0.3 is 14.4 Å². The number of benzene rings is 1. The maximum Gasteiger partial charge on any atom is 0.254 e. The molecular formula is C18H21N3O3. The maximum absolute atomic E-state index is 12.9. The molecule has 1 amide bonds. The van der Waals surface area contributed by atoms with Crippen molar-refractivity contribution in [2.75, 3.05) is 26.3 Å². The summed E-state index contributed by atoms with van der Waals surface area (Å²) in [6.07, 6.45) is 6.64. The lowest BCUT2D eigenvalue weighted by Gasteiger charge is -2.33. The van der Waals surface area contributed by atoms with Crippen LogP contribution in [0.2, 0.25) is 0 Å². The van der Waals surface area contributed by atoms with Gasteiger partial charge in [-0.2, -0.15) is 5.10 Å². The van der Waals surface area contributed by atoms with E-state index in [0.29, 0.717) is 31.1 Å². The molecule has 4 rings (SSSR count). The van der Waals surface area contributed by atoms with E-state index in [-0.39, 0.29) is 11.9 Å². The summed E-state index contributed by atoms with van der Waals surface area (Å²) in [7, 11) is 0. The smallest absolute Gasteiger partial charge is 0.254 e. The van der Waals surface area contributed by atoms with Crippen molar-refractivity contribution in [3.05, 3.63) is 42.2 Å². The fraction of sp³-hybridized carbons (Fsp3) is 0.444. The van der Waals surface area contributed by atoms with Gasteiger partial charge in [0, 0.05) is 37.5 Å². The molecular weight excluding hydrogens is 306 g/mol. The Hall–Kier alpha value is -2.50. The third kappa shape index (κ3) is 2.96. The van der Waals surface area contributed by atoms with E-state index < -0.39 is 0 Å². The minimum atomic E-state index is 0.0440. The average Bonchev–Trinajstić information content (AvgIpc) is 3.06. The fourth-order valence-electron chi connectivity index (χ4n) is 3.33. The van der Waals surface area contributed by atoms with Gasteiger partial charge in [0.1, 0.15) is 0 Å². The molecule has 1 atom stereocenters. The zero-order valence-corrected chi connectivity index (χ0v) is 13.6. The van der Waals surface area contributed by atoms with Gasteiger partial charge in [-0.25, -0.2) is 0 Å². The number of ether oxygens (including phenoxy) is 2. The van der Waals surface area contributed by atoms with Crippen LogP contribution in [0.3, 0.4) is 0 Å². The molecule has 0 aliphatic carbocycles. The normalized spacial score (nSPS) is 20.5. The number of carbonyl (C=O) groups excluding carboxylic acids is 1. The van der Waals surface area contributed by atoms with Crippen LogP contribution in [-0.2, 0) is 0 Å². The minimum absolute atomic E-state index is 0.0440. The average molecular weight is 327 g/mol. The van der Waals surface area contributed by atoms with Crippen LogP contribution in [0.15, 0.2) is 36.7 Å². The van der Waals surface area contributed by atoms with Crippen LogP contribution in [0, 0.1) is 0 Å². The monoisotopic (exact) mass is 327 g/mol. The standard InChI is InChI=1S/C18H21N3O3/c22-18(14-5-6-16-17(12-14)24-11-3-10-23-16)20-8-1-4-15(13-20)21-9-2-7-19-21/h2,5-7,9,12,15H,1,3-4,8,10-11,13H2/t15-/m1/s1. The number of hydrogen-bond acceptors (Lipinski definition) is 4. The van der Waals surface area contributed by atoms with Crippen molar-refractivity contribution < 1.29 is 14.3 Å². The Morgan fingerprint density at radius 2 is 2.04 bits per heavy atom. The lowest BCUT2D eigenvalue weighted by Crippen LogP contribution is -2.40. The summed E-state index contributed by atoms with van der Waals surface area (Å²) in [4.78, 5) is 14.8. The number of likely N-dealkylation sites (tertiary alicyclic amines) is 1. The molecule has 0 bridgehead atoms. The third-order valence-corrected chi connectivity index (χ3v) is 4.58. The predicted octanol–water partition coefficient (Wildman–Crippen LogP) is 2.52. The van der Waals surface area contributed by atoms with Gasteiger partial charge >= 0.3 is 0 Å². The molecule has 1 aromatic heterocycles. The molecule has 0 saturated carbocycles. The number of nitrogens with zero attached hydrogens (tertiary/aromatic N) is 3. The summed E-state index contributed by atoms with van der Waals surface area (Å²) in [6.45, 7) is 2.74. The molecule has 1 aromatic carbocycles. The summed E-state index contributed by atoms with van der Waals surface area (Å²) in [5.74, 6) is 1.43. The number of amides is 1. The summed E-state index contributed by atoms with van der Waals surface area (Å²) in [6, 6.07) is 7.64. The van der Waals surface area contributed by atoms with Crippen LogP contribution in [-0.4, -0.2) is 46.9 Å². The fourth-order valence-corrected chi connectivity index (χ4v) is 3.33. The molecule has 0 radical (unpaired) electrons. The molecule has 3 heterocycles. The van der Waals surface area contributed by atoms with E-state index in [2.05, 4.69) is 5.10 Å². The van der Waals surface area contributed by atoms with E-state index in [9.17, 15) is 4.79 Å². The van der Waals surface area contributed by atoms with E-state index in [1.807, 2.05) is 34.0 Å². The highest BCUT2D eigenvalue weighted by Gasteiger charge is 2.26. The van der Waals surface area contributed by atoms with E-state index in [4.69, 9.17) is 9.47 Å². The van der Waals surface area contributed by atoms with Crippen LogP contribution < -0.4 is 9.47 Å². The summed E-state index contributed by atoms with van der Waals surface area (Å²) in [5.41, 5.74) is 0.653. The van der Waals surface area contributed by atoms with Gasteiger partial charge in [0.25, 0.3) is 5.91 Å². The second-order valence-electron chi connectivity index (χ2n) is 6.25. The Kier molecular flexibility index (Phi) is 4.11. The largest absolute Gasteiger partial charge is 0.490 e. The number of carbonyl (C=O) groups is 1. The van der Waals surface area contributed by atoms with E-state index in [1.165, 1.54) is 0 Å². The van der Waals surface area contributed by atoms with Crippen LogP contribution in [0.5, 0.6) is 11.5 Å². The van der Waals surface area contributed by atoms with Crippen molar-refractivity contribution in [3.63, 3.8) is 0 Å². The number of hydrogen-bond donors (Lipinski definition) is 0. The summed E-state index contributed by atoms with van der Waals surface area (Å²) in [5, 5.41) is 4.32. The lowest BCUT2D eigenvalue weighted by molar-refractivity contribution is 0.0672. The van der Waals surface area contributed by atoms with Gasteiger partial charge in [-0.3, -0.25) is 9.48 Å². The van der Waals surface area contributed by atoms with E-state index in [0.717, 1.165) is 31.6 Å². The first-order valence-corrected chi connectivity index (χ1v) is 8.49. The van der Waals surface area contributed by atoms with Crippen LogP contribution >= 0.6 is 0 Å². The van der Waals surface area contributed by atoms with Crippen molar-refractivity contribution >= 4 is 5.91 Å². The van der Waals surface area contributed by atoms with Gasteiger partial charge in [0.15, 0.2) is 11.5 Å². The molecule has 24 heavy (non-hydrogen) atoms. The lowest BCUT2D eigenvalue weighted by atomic mass is 10.0.